The number of nitrogens with zero attached hydrogens (tertiary/aromatic N) is 2. The van der Waals surface area contributed by atoms with Gasteiger partial charge < -0.3 is 0 Å². The predicted molar refractivity (Wildman–Crippen MR) is 85.0 cm³/mol. The molecule has 0 amide bonds. The summed E-state index contributed by atoms with van der Waals surface area (Å²) in [5, 5.41) is 8.18. The number of aromatic nitrogens is 3. The fourth-order valence-electron chi connectivity index (χ4n) is 2.33. The molecule has 1 aliphatic heterocycles. The zero-order valence-corrected chi connectivity index (χ0v) is 11.6. The number of H-pyrrole nitrogens is 2. The molecule has 0 atom stereocenters. The van der Waals surface area contributed by atoms with Crippen molar-refractivity contribution in [2.45, 2.75) is 0 Å². The molecule has 5 nitrogen and oxygen atoms in total. The smallest absolute Gasteiger partial charge is 0.271 e. The van der Waals surface area contributed by atoms with E-state index in [0.29, 0.717) is 11.3 Å². The number of benzene rings is 1. The lowest BCUT2D eigenvalue weighted by Gasteiger charge is -1.99. The van der Waals surface area contributed by atoms with E-state index in [-0.39, 0.29) is 5.56 Å². The van der Waals surface area contributed by atoms with Gasteiger partial charge in [0.25, 0.3) is 5.56 Å². The van der Waals surface area contributed by atoms with E-state index in [9.17, 15) is 4.79 Å². The summed E-state index contributed by atoms with van der Waals surface area (Å²) >= 11 is 1.48. The second-order valence-electron chi connectivity index (χ2n) is 4.58. The van der Waals surface area contributed by atoms with Gasteiger partial charge in [0.1, 0.15) is 10.7 Å². The number of para-hydroxylation sites is 1. The maximum atomic E-state index is 12.0. The molecule has 0 saturated heterocycles. The van der Waals surface area contributed by atoms with Crippen LogP contribution in [0.5, 0.6) is 0 Å². The third kappa shape index (κ3) is 1.96. The first-order valence-electron chi connectivity index (χ1n) is 6.38. The van der Waals surface area contributed by atoms with Gasteiger partial charge in [0.2, 0.25) is 0 Å². The number of hydrogen-bond acceptors (Lipinski definition) is 4. The van der Waals surface area contributed by atoms with Crippen molar-refractivity contribution < 1.29 is 0 Å². The van der Waals surface area contributed by atoms with E-state index in [1.807, 2.05) is 35.7 Å². The highest BCUT2D eigenvalue weighted by molar-refractivity contribution is 7.13. The van der Waals surface area contributed by atoms with E-state index in [2.05, 4.69) is 20.2 Å². The van der Waals surface area contributed by atoms with E-state index in [4.69, 9.17) is 0 Å². The van der Waals surface area contributed by atoms with Crippen molar-refractivity contribution in [3.8, 4) is 10.7 Å². The van der Waals surface area contributed by atoms with Crippen molar-refractivity contribution in [1.29, 1.82) is 0 Å². The lowest BCUT2D eigenvalue weighted by atomic mass is 10.0. The van der Waals surface area contributed by atoms with Crippen LogP contribution in [0.1, 0.15) is 11.1 Å². The maximum absolute atomic E-state index is 12.0. The van der Waals surface area contributed by atoms with Gasteiger partial charge in [0, 0.05) is 28.9 Å². The van der Waals surface area contributed by atoms with Gasteiger partial charge in [-0.05, 0) is 12.1 Å². The molecule has 6 heteroatoms. The van der Waals surface area contributed by atoms with Crippen LogP contribution < -0.4 is 5.56 Å². The summed E-state index contributed by atoms with van der Waals surface area (Å²) in [6.45, 7) is 0. The highest BCUT2D eigenvalue weighted by Crippen LogP contribution is 2.33. The van der Waals surface area contributed by atoms with Crippen molar-refractivity contribution in [3.63, 3.8) is 0 Å². The van der Waals surface area contributed by atoms with Gasteiger partial charge >= 0.3 is 0 Å². The molecule has 1 aliphatic rings. The van der Waals surface area contributed by atoms with Crippen molar-refractivity contribution in [2.75, 3.05) is 0 Å². The molecule has 3 heterocycles. The van der Waals surface area contributed by atoms with E-state index in [0.717, 1.165) is 21.8 Å². The van der Waals surface area contributed by atoms with Crippen molar-refractivity contribution in [2.24, 2.45) is 4.99 Å². The van der Waals surface area contributed by atoms with Gasteiger partial charge in [-0.15, -0.1) is 11.3 Å². The molecule has 0 aliphatic carbocycles. The highest BCUT2D eigenvalue weighted by Gasteiger charge is 2.16. The Labute approximate surface area is 123 Å². The minimum Gasteiger partial charge on any atom is -0.295 e. The number of thiazole rings is 1. The van der Waals surface area contributed by atoms with Gasteiger partial charge in [0.15, 0.2) is 0 Å². The zero-order chi connectivity index (χ0) is 14.2. The molecular formula is C15H10N4OS. The van der Waals surface area contributed by atoms with Crippen LogP contribution in [0.15, 0.2) is 45.6 Å². The molecule has 0 saturated carbocycles. The molecule has 0 fully saturated rings. The number of hydrogen-bond donors (Lipinski definition) is 2. The van der Waals surface area contributed by atoms with Crippen LogP contribution in [0.3, 0.4) is 0 Å². The first kappa shape index (κ1) is 12.0. The predicted octanol–water partition coefficient (Wildman–Crippen LogP) is 3.08. The number of rotatable bonds is 2. The molecule has 3 aromatic rings. The Morgan fingerprint density at radius 3 is 2.95 bits per heavy atom. The Kier molecular flexibility index (Phi) is 2.68. The van der Waals surface area contributed by atoms with E-state index < -0.39 is 0 Å². The minimum atomic E-state index is -0.162. The molecule has 0 unspecified atom stereocenters. The standard InChI is InChI=1S/C15H10N4OS/c20-14-11(13(18-19-14)15-16-5-6-21-15)7-9-8-17-12-4-2-1-3-10(9)12/h1-8H,(H2,18,19,20)/b9-7-. The zero-order valence-electron chi connectivity index (χ0n) is 10.8. The maximum Gasteiger partial charge on any atom is 0.271 e. The average molecular weight is 294 g/mol. The Balaban J connectivity index is 1.87. The molecule has 2 aromatic heterocycles. The largest absolute Gasteiger partial charge is 0.295 e. The van der Waals surface area contributed by atoms with Crippen LogP contribution in [-0.4, -0.2) is 21.4 Å². The van der Waals surface area contributed by atoms with Gasteiger partial charge in [-0.25, -0.2) is 4.98 Å². The molecule has 0 bridgehead atoms. The van der Waals surface area contributed by atoms with E-state index in [1.54, 1.807) is 12.4 Å². The third-order valence-electron chi connectivity index (χ3n) is 3.32. The Morgan fingerprint density at radius 1 is 1.19 bits per heavy atom. The second kappa shape index (κ2) is 4.68. The number of fused-ring (bicyclic) bond motifs is 1. The van der Waals surface area contributed by atoms with Crippen LogP contribution in [0, 0.1) is 0 Å². The molecular weight excluding hydrogens is 284 g/mol. The summed E-state index contributed by atoms with van der Waals surface area (Å²) in [7, 11) is 0. The second-order valence-corrected chi connectivity index (χ2v) is 5.47. The first-order valence-corrected chi connectivity index (χ1v) is 7.26. The fourth-order valence-corrected chi connectivity index (χ4v) is 2.98. The van der Waals surface area contributed by atoms with Gasteiger partial charge in [-0.2, -0.15) is 0 Å². The van der Waals surface area contributed by atoms with E-state index >= 15 is 0 Å². The molecule has 1 aromatic carbocycles. The van der Waals surface area contributed by atoms with Gasteiger partial charge in [0.05, 0.1) is 11.3 Å². The summed E-state index contributed by atoms with van der Waals surface area (Å²) in [4.78, 5) is 20.6. The number of nitrogens with one attached hydrogen (secondary N) is 2. The number of aromatic amines is 2. The quantitative estimate of drug-likeness (QED) is 0.762. The normalized spacial score (nSPS) is 14.8. The Bertz CT molecular complexity index is 915. The molecule has 4 rings (SSSR count). The molecule has 21 heavy (non-hydrogen) atoms. The summed E-state index contributed by atoms with van der Waals surface area (Å²) in [5.74, 6) is 0. The average Bonchev–Trinajstić information content (AvgIpc) is 3.21. The lowest BCUT2D eigenvalue weighted by molar-refractivity contribution is 1.06. The molecule has 0 spiro atoms. The number of allylic oxidation sites excluding steroid dienone is 1. The van der Waals surface area contributed by atoms with Crippen LogP contribution in [0.25, 0.3) is 22.4 Å². The van der Waals surface area contributed by atoms with Crippen LogP contribution >= 0.6 is 11.3 Å². The van der Waals surface area contributed by atoms with Crippen LogP contribution in [-0.2, 0) is 0 Å². The van der Waals surface area contributed by atoms with Gasteiger partial charge in [-0.3, -0.25) is 20.0 Å². The Morgan fingerprint density at radius 2 is 2.10 bits per heavy atom. The first-order chi connectivity index (χ1) is 10.3. The fraction of sp³-hybridized carbons (Fsp3) is 0. The third-order valence-corrected chi connectivity index (χ3v) is 4.11. The summed E-state index contributed by atoms with van der Waals surface area (Å²) in [5.41, 5.74) is 4.00. The molecule has 2 N–H and O–H groups in total. The molecule has 102 valence electrons. The lowest BCUT2D eigenvalue weighted by Crippen LogP contribution is -2.02. The minimum absolute atomic E-state index is 0.162. The van der Waals surface area contributed by atoms with Crippen molar-refractivity contribution in [3.05, 3.63) is 57.3 Å². The van der Waals surface area contributed by atoms with Crippen LogP contribution in [0.4, 0.5) is 5.69 Å². The Hall–Kier alpha value is -2.73. The van der Waals surface area contributed by atoms with Crippen LogP contribution in [0.2, 0.25) is 0 Å². The summed E-state index contributed by atoms with van der Waals surface area (Å²) in [6, 6.07) is 7.86. The van der Waals surface area contributed by atoms with E-state index in [1.165, 1.54) is 11.3 Å². The van der Waals surface area contributed by atoms with Crippen molar-refractivity contribution >= 4 is 34.9 Å². The van der Waals surface area contributed by atoms with Crippen molar-refractivity contribution in [1.82, 2.24) is 15.2 Å². The summed E-state index contributed by atoms with van der Waals surface area (Å²) in [6.07, 6.45) is 5.35. The molecule has 0 radical (unpaired) electrons. The SMILES string of the molecule is O=c1[nH][nH]c(-c2nccs2)c1/C=C1/C=Nc2ccccc21. The highest BCUT2D eigenvalue weighted by atomic mass is 32.1. The topological polar surface area (TPSA) is 73.9 Å². The number of aliphatic imine (C=N–C) groups is 1. The monoisotopic (exact) mass is 294 g/mol. The van der Waals surface area contributed by atoms with Gasteiger partial charge in [-0.1, -0.05) is 18.2 Å². The summed E-state index contributed by atoms with van der Waals surface area (Å²) < 4.78 is 0.